The van der Waals surface area contributed by atoms with Crippen LogP contribution in [0.1, 0.15) is 47.3 Å². The van der Waals surface area contributed by atoms with Crippen molar-refractivity contribution in [1.82, 2.24) is 0 Å². The van der Waals surface area contributed by atoms with Crippen molar-refractivity contribution in [2.75, 3.05) is 0 Å². The van der Waals surface area contributed by atoms with E-state index in [-0.39, 0.29) is 5.78 Å². The third kappa shape index (κ3) is 2.93. The maximum Gasteiger partial charge on any atom is 0.193 e. The zero-order valence-corrected chi connectivity index (χ0v) is 11.6. The molecule has 0 aliphatic carbocycles. The van der Waals surface area contributed by atoms with E-state index in [1.807, 2.05) is 42.5 Å². The van der Waals surface area contributed by atoms with E-state index in [1.54, 1.807) is 0 Å². The molecule has 19 heavy (non-hydrogen) atoms. The van der Waals surface area contributed by atoms with Crippen LogP contribution >= 0.6 is 0 Å². The Balaban J connectivity index is 2.47. The third-order valence-corrected chi connectivity index (χ3v) is 3.43. The number of carbonyl (C=O) groups is 1. The Morgan fingerprint density at radius 3 is 2.32 bits per heavy atom. The minimum absolute atomic E-state index is 0.138. The molecule has 0 aliphatic rings. The zero-order valence-electron chi connectivity index (χ0n) is 11.6. The van der Waals surface area contributed by atoms with Crippen LogP contribution in [0.3, 0.4) is 0 Å². The first-order valence-corrected chi connectivity index (χ1v) is 6.98. The molecule has 1 nitrogen and oxygen atoms in total. The molecule has 2 aromatic rings. The predicted octanol–water partition coefficient (Wildman–Crippen LogP) is 4.43. The van der Waals surface area contributed by atoms with Crippen molar-refractivity contribution in [2.45, 2.75) is 33.1 Å². The quantitative estimate of drug-likeness (QED) is 0.719. The van der Waals surface area contributed by atoms with E-state index in [0.29, 0.717) is 0 Å². The molecular formula is C18H20O. The van der Waals surface area contributed by atoms with Crippen LogP contribution in [0.5, 0.6) is 0 Å². The van der Waals surface area contributed by atoms with Gasteiger partial charge in [-0.1, -0.05) is 68.8 Å². The summed E-state index contributed by atoms with van der Waals surface area (Å²) in [6.07, 6.45) is 3.01. The van der Waals surface area contributed by atoms with Gasteiger partial charge in [0.1, 0.15) is 0 Å². The molecule has 0 unspecified atom stereocenters. The molecule has 98 valence electrons. The fourth-order valence-electron chi connectivity index (χ4n) is 2.47. The Hall–Kier alpha value is -1.89. The normalized spacial score (nSPS) is 10.4. The van der Waals surface area contributed by atoms with Gasteiger partial charge in [0.2, 0.25) is 0 Å². The lowest BCUT2D eigenvalue weighted by Crippen LogP contribution is -2.07. The molecule has 2 aromatic carbocycles. The molecule has 0 saturated carbocycles. The largest absolute Gasteiger partial charge is 0.289 e. The summed E-state index contributed by atoms with van der Waals surface area (Å²) in [5.41, 5.74) is 4.16. The molecule has 1 heteroatoms. The molecule has 2 rings (SSSR count). The number of aryl methyl sites for hydroxylation is 1. The van der Waals surface area contributed by atoms with Crippen molar-refractivity contribution >= 4 is 5.78 Å². The molecular weight excluding hydrogens is 232 g/mol. The summed E-state index contributed by atoms with van der Waals surface area (Å²) in [6.45, 7) is 4.30. The van der Waals surface area contributed by atoms with Gasteiger partial charge in [0.05, 0.1) is 0 Å². The molecule has 0 spiro atoms. The van der Waals surface area contributed by atoms with Crippen LogP contribution < -0.4 is 0 Å². The molecule has 0 aliphatic heterocycles. The van der Waals surface area contributed by atoms with Crippen molar-refractivity contribution < 1.29 is 4.79 Å². The monoisotopic (exact) mass is 252 g/mol. The lowest BCUT2D eigenvalue weighted by Gasteiger charge is -2.12. The summed E-state index contributed by atoms with van der Waals surface area (Å²) in [7, 11) is 0. The van der Waals surface area contributed by atoms with Crippen molar-refractivity contribution in [1.29, 1.82) is 0 Å². The summed E-state index contributed by atoms with van der Waals surface area (Å²) in [6, 6.07) is 15.6. The van der Waals surface area contributed by atoms with Gasteiger partial charge >= 0.3 is 0 Å². The second kappa shape index (κ2) is 6.33. The molecule has 0 amide bonds. The van der Waals surface area contributed by atoms with Crippen molar-refractivity contribution in [3.8, 4) is 0 Å². The Labute approximate surface area is 115 Å². The topological polar surface area (TPSA) is 17.1 Å². The van der Waals surface area contributed by atoms with Gasteiger partial charge in [0.25, 0.3) is 0 Å². The van der Waals surface area contributed by atoms with E-state index in [1.165, 1.54) is 11.1 Å². The van der Waals surface area contributed by atoms with Gasteiger partial charge in [-0.15, -0.1) is 0 Å². The smallest absolute Gasteiger partial charge is 0.193 e. The maximum absolute atomic E-state index is 12.6. The number of ketones is 1. The Kier molecular flexibility index (Phi) is 4.51. The first kappa shape index (κ1) is 13.5. The molecule has 0 aromatic heterocycles. The highest BCUT2D eigenvalue weighted by atomic mass is 16.1. The van der Waals surface area contributed by atoms with Crippen molar-refractivity contribution in [3.05, 3.63) is 70.8 Å². The van der Waals surface area contributed by atoms with E-state index in [2.05, 4.69) is 19.9 Å². The molecule has 0 atom stereocenters. The molecule has 0 heterocycles. The molecule has 0 N–H and O–H groups in total. The van der Waals surface area contributed by atoms with Crippen molar-refractivity contribution in [3.63, 3.8) is 0 Å². The van der Waals surface area contributed by atoms with Gasteiger partial charge in [0.15, 0.2) is 5.78 Å². The highest BCUT2D eigenvalue weighted by molar-refractivity contribution is 6.10. The van der Waals surface area contributed by atoms with Crippen LogP contribution in [-0.2, 0) is 12.8 Å². The average molecular weight is 252 g/mol. The minimum atomic E-state index is 0.138. The number of carbonyl (C=O) groups excluding carboxylic acids is 1. The van der Waals surface area contributed by atoms with Gasteiger partial charge in [-0.25, -0.2) is 0 Å². The lowest BCUT2D eigenvalue weighted by atomic mass is 9.91. The molecule has 0 saturated heterocycles. The summed E-state index contributed by atoms with van der Waals surface area (Å²) in [5, 5.41) is 0. The highest BCUT2D eigenvalue weighted by Gasteiger charge is 2.14. The first-order chi connectivity index (χ1) is 9.27. The van der Waals surface area contributed by atoms with E-state index >= 15 is 0 Å². The van der Waals surface area contributed by atoms with Gasteiger partial charge in [-0.2, -0.15) is 0 Å². The number of hydrogen-bond acceptors (Lipinski definition) is 1. The Bertz CT molecular complexity index is 555. The summed E-state index contributed by atoms with van der Waals surface area (Å²) < 4.78 is 0. The second-order valence-electron chi connectivity index (χ2n) is 4.74. The molecule has 0 fully saturated rings. The SMILES string of the molecule is CCCc1c(CC)cccc1C(=O)c1ccccc1. The summed E-state index contributed by atoms with van der Waals surface area (Å²) >= 11 is 0. The van der Waals surface area contributed by atoms with E-state index in [4.69, 9.17) is 0 Å². The van der Waals surface area contributed by atoms with Crippen LogP contribution in [0, 0.1) is 0 Å². The average Bonchev–Trinajstić information content (AvgIpc) is 2.48. The van der Waals surface area contributed by atoms with Crippen molar-refractivity contribution in [2.24, 2.45) is 0 Å². The maximum atomic E-state index is 12.6. The first-order valence-electron chi connectivity index (χ1n) is 6.98. The van der Waals surface area contributed by atoms with Gasteiger partial charge < -0.3 is 0 Å². The Morgan fingerprint density at radius 1 is 0.947 bits per heavy atom. The second-order valence-corrected chi connectivity index (χ2v) is 4.74. The number of rotatable bonds is 5. The number of hydrogen-bond donors (Lipinski definition) is 0. The Morgan fingerprint density at radius 2 is 1.68 bits per heavy atom. The van der Waals surface area contributed by atoms with Crippen LogP contribution in [-0.4, -0.2) is 5.78 Å². The fraction of sp³-hybridized carbons (Fsp3) is 0.278. The zero-order chi connectivity index (χ0) is 13.7. The van der Waals surface area contributed by atoms with Gasteiger partial charge in [-0.05, 0) is 24.0 Å². The van der Waals surface area contributed by atoms with Gasteiger partial charge in [-0.3, -0.25) is 4.79 Å². The van der Waals surface area contributed by atoms with Crippen LogP contribution in [0.4, 0.5) is 0 Å². The van der Waals surface area contributed by atoms with Crippen LogP contribution in [0.15, 0.2) is 48.5 Å². The highest BCUT2D eigenvalue weighted by Crippen LogP contribution is 2.21. The van der Waals surface area contributed by atoms with E-state index in [0.717, 1.165) is 30.4 Å². The predicted molar refractivity (Wildman–Crippen MR) is 79.7 cm³/mol. The van der Waals surface area contributed by atoms with Gasteiger partial charge in [0, 0.05) is 11.1 Å². The summed E-state index contributed by atoms with van der Waals surface area (Å²) in [4.78, 5) is 12.6. The fourth-order valence-corrected chi connectivity index (χ4v) is 2.47. The lowest BCUT2D eigenvalue weighted by molar-refractivity contribution is 0.103. The third-order valence-electron chi connectivity index (χ3n) is 3.43. The van der Waals surface area contributed by atoms with Crippen LogP contribution in [0.2, 0.25) is 0 Å². The van der Waals surface area contributed by atoms with E-state index < -0.39 is 0 Å². The van der Waals surface area contributed by atoms with E-state index in [9.17, 15) is 4.79 Å². The molecule has 0 bridgehead atoms. The minimum Gasteiger partial charge on any atom is -0.289 e. The standard InChI is InChI=1S/C18H20O/c1-3-9-16-14(4-2)12-8-13-17(16)18(19)15-10-6-5-7-11-15/h5-8,10-13H,3-4,9H2,1-2H3. The number of benzene rings is 2. The molecule has 0 radical (unpaired) electrons. The summed E-state index contributed by atoms with van der Waals surface area (Å²) in [5.74, 6) is 0.138. The van der Waals surface area contributed by atoms with Crippen LogP contribution in [0.25, 0.3) is 0 Å².